The highest BCUT2D eigenvalue weighted by Crippen LogP contribution is 2.41. The number of amides is 1. The van der Waals surface area contributed by atoms with Crippen molar-refractivity contribution in [2.75, 3.05) is 19.6 Å². The van der Waals surface area contributed by atoms with Gasteiger partial charge in [-0.05, 0) is 44.0 Å². The molecule has 0 radical (unpaired) electrons. The molecule has 32 heavy (non-hydrogen) atoms. The zero-order valence-electron chi connectivity index (χ0n) is 17.4. The van der Waals surface area contributed by atoms with Crippen molar-refractivity contribution in [2.24, 2.45) is 5.41 Å². The van der Waals surface area contributed by atoms with Gasteiger partial charge in [-0.15, -0.1) is 11.3 Å². The molecule has 1 aromatic heterocycles. The molecule has 174 valence electrons. The van der Waals surface area contributed by atoms with E-state index in [0.29, 0.717) is 6.54 Å². The molecule has 0 aliphatic carbocycles. The molecule has 4 rings (SSSR count). The van der Waals surface area contributed by atoms with E-state index in [1.807, 2.05) is 17.9 Å². The van der Waals surface area contributed by atoms with Gasteiger partial charge >= 0.3 is 12.1 Å². The topological polar surface area (TPSA) is 73.7 Å². The Labute approximate surface area is 186 Å². The van der Waals surface area contributed by atoms with E-state index in [-0.39, 0.29) is 17.1 Å². The summed E-state index contributed by atoms with van der Waals surface area (Å²) in [5.41, 5.74) is 1.71. The Morgan fingerprint density at radius 2 is 1.94 bits per heavy atom. The number of hydrogen-bond donors (Lipinski definition) is 1. The van der Waals surface area contributed by atoms with Crippen molar-refractivity contribution in [3.05, 3.63) is 51.7 Å². The fourth-order valence-electron chi connectivity index (χ4n) is 4.08. The van der Waals surface area contributed by atoms with E-state index in [1.165, 1.54) is 12.1 Å². The van der Waals surface area contributed by atoms with Gasteiger partial charge in [0.25, 0.3) is 0 Å². The summed E-state index contributed by atoms with van der Waals surface area (Å²) >= 11 is 1.67. The van der Waals surface area contributed by atoms with Crippen molar-refractivity contribution in [1.29, 1.82) is 0 Å². The van der Waals surface area contributed by atoms with Crippen LogP contribution in [0.5, 0.6) is 0 Å². The average molecular weight is 473 g/mol. The highest BCUT2D eigenvalue weighted by molar-refractivity contribution is 7.09. The number of rotatable bonds is 4. The maximum absolute atomic E-state index is 13.4. The van der Waals surface area contributed by atoms with Crippen molar-refractivity contribution >= 4 is 23.2 Å². The van der Waals surface area contributed by atoms with E-state index in [2.05, 4.69) is 15.3 Å². The van der Waals surface area contributed by atoms with Crippen LogP contribution in [0.25, 0.3) is 0 Å². The van der Waals surface area contributed by atoms with Crippen LogP contribution in [0.2, 0.25) is 0 Å². The second-order valence-corrected chi connectivity index (χ2v) is 9.07. The predicted molar refractivity (Wildman–Crippen MR) is 109 cm³/mol. The van der Waals surface area contributed by atoms with Gasteiger partial charge in [-0.3, -0.25) is 9.69 Å². The van der Waals surface area contributed by atoms with Gasteiger partial charge in [-0.25, -0.2) is 14.2 Å². The quantitative estimate of drug-likeness (QED) is 0.683. The normalized spacial score (nSPS) is 21.2. The molecule has 2 fully saturated rings. The van der Waals surface area contributed by atoms with Gasteiger partial charge in [0.1, 0.15) is 5.82 Å². The molecule has 1 amide bonds. The Kier molecular flexibility index (Phi) is 7.19. The van der Waals surface area contributed by atoms with Gasteiger partial charge < -0.3 is 10.0 Å². The highest BCUT2D eigenvalue weighted by atomic mass is 32.1. The van der Waals surface area contributed by atoms with E-state index in [4.69, 9.17) is 9.90 Å². The van der Waals surface area contributed by atoms with E-state index >= 15 is 0 Å². The van der Waals surface area contributed by atoms with Crippen LogP contribution in [0.1, 0.15) is 29.1 Å². The molecule has 6 nitrogen and oxygen atoms in total. The highest BCUT2D eigenvalue weighted by Gasteiger charge is 2.50. The summed E-state index contributed by atoms with van der Waals surface area (Å²) in [6.45, 7) is 5.86. The maximum atomic E-state index is 13.4. The van der Waals surface area contributed by atoms with Crippen LogP contribution >= 0.6 is 11.3 Å². The van der Waals surface area contributed by atoms with Crippen LogP contribution in [0, 0.1) is 18.2 Å². The standard InChI is InChI=1S/C19H22FN3OS.C2HF3O2/c1-14-21-17(12-25-14)11-22-7-5-19(13-22)6-8-23(18(19)24)10-15-3-2-4-16(20)9-15;3-2(4,5)1(6)7/h2-4,9,12H,5-8,10-11,13H2,1H3;(H,6,7). The number of benzene rings is 1. The Morgan fingerprint density at radius 3 is 2.53 bits per heavy atom. The number of hydrogen-bond acceptors (Lipinski definition) is 5. The van der Waals surface area contributed by atoms with Gasteiger partial charge in [-0.1, -0.05) is 12.1 Å². The molecule has 1 atom stereocenters. The van der Waals surface area contributed by atoms with Crippen LogP contribution in [0.3, 0.4) is 0 Å². The lowest BCUT2D eigenvalue weighted by atomic mass is 9.85. The number of carbonyl (C=O) groups is 2. The van der Waals surface area contributed by atoms with Crippen LogP contribution in [-0.4, -0.2) is 57.6 Å². The molecule has 2 aliphatic rings. The molecule has 1 spiro atoms. The summed E-state index contributed by atoms with van der Waals surface area (Å²) in [4.78, 5) is 30.7. The first-order valence-electron chi connectivity index (χ1n) is 9.96. The third-order valence-electron chi connectivity index (χ3n) is 5.59. The zero-order valence-corrected chi connectivity index (χ0v) is 18.2. The molecule has 3 heterocycles. The Balaban J connectivity index is 0.000000360. The van der Waals surface area contributed by atoms with Crippen molar-refractivity contribution in [1.82, 2.24) is 14.8 Å². The van der Waals surface area contributed by atoms with Crippen molar-refractivity contribution in [2.45, 2.75) is 39.0 Å². The van der Waals surface area contributed by atoms with Gasteiger partial charge in [0.2, 0.25) is 5.91 Å². The van der Waals surface area contributed by atoms with Crippen LogP contribution < -0.4 is 0 Å². The first-order valence-corrected chi connectivity index (χ1v) is 10.8. The van der Waals surface area contributed by atoms with E-state index in [1.54, 1.807) is 17.4 Å². The SMILES string of the molecule is Cc1nc(CN2CCC3(CCN(Cc4cccc(F)c4)C3=O)C2)cs1.O=C(O)C(F)(F)F. The summed E-state index contributed by atoms with van der Waals surface area (Å²) in [7, 11) is 0. The molecule has 0 bridgehead atoms. The number of aliphatic carboxylic acids is 1. The lowest BCUT2D eigenvalue weighted by molar-refractivity contribution is -0.192. The van der Waals surface area contributed by atoms with Gasteiger partial charge in [-0.2, -0.15) is 13.2 Å². The molecule has 2 aromatic rings. The van der Waals surface area contributed by atoms with Crippen LogP contribution in [0.15, 0.2) is 29.6 Å². The fourth-order valence-corrected chi connectivity index (χ4v) is 4.69. The van der Waals surface area contributed by atoms with Gasteiger partial charge in [0, 0.05) is 31.6 Å². The number of likely N-dealkylation sites (tertiary alicyclic amines) is 2. The number of carboxylic acid groups (broad SMARTS) is 1. The van der Waals surface area contributed by atoms with Crippen molar-refractivity contribution < 1.29 is 32.3 Å². The molecular formula is C21H23F4N3O3S. The van der Waals surface area contributed by atoms with E-state index < -0.39 is 12.1 Å². The van der Waals surface area contributed by atoms with Gasteiger partial charge in [0.05, 0.1) is 16.1 Å². The molecule has 1 unspecified atom stereocenters. The smallest absolute Gasteiger partial charge is 0.475 e. The monoisotopic (exact) mass is 473 g/mol. The van der Waals surface area contributed by atoms with Crippen LogP contribution in [0.4, 0.5) is 17.6 Å². The predicted octanol–water partition coefficient (Wildman–Crippen LogP) is 3.85. The first-order chi connectivity index (χ1) is 15.0. The largest absolute Gasteiger partial charge is 0.490 e. The number of aromatic nitrogens is 1. The lowest BCUT2D eigenvalue weighted by Gasteiger charge is -2.23. The summed E-state index contributed by atoms with van der Waals surface area (Å²) in [5, 5.41) is 10.3. The summed E-state index contributed by atoms with van der Waals surface area (Å²) < 4.78 is 45.1. The second kappa shape index (κ2) is 9.53. The minimum absolute atomic E-state index is 0.230. The Morgan fingerprint density at radius 1 is 1.25 bits per heavy atom. The first kappa shape index (κ1) is 24.1. The third kappa shape index (κ3) is 5.83. The van der Waals surface area contributed by atoms with E-state index in [0.717, 1.165) is 55.3 Å². The van der Waals surface area contributed by atoms with Gasteiger partial charge in [0.15, 0.2) is 0 Å². The second-order valence-electron chi connectivity index (χ2n) is 8.01. The molecule has 2 saturated heterocycles. The zero-order chi connectivity index (χ0) is 23.5. The third-order valence-corrected chi connectivity index (χ3v) is 6.41. The molecule has 0 saturated carbocycles. The van der Waals surface area contributed by atoms with Crippen molar-refractivity contribution in [3.8, 4) is 0 Å². The van der Waals surface area contributed by atoms with Crippen LogP contribution in [-0.2, 0) is 22.7 Å². The minimum Gasteiger partial charge on any atom is -0.475 e. The number of alkyl halides is 3. The minimum atomic E-state index is -5.08. The maximum Gasteiger partial charge on any atom is 0.490 e. The summed E-state index contributed by atoms with van der Waals surface area (Å²) in [5.74, 6) is -2.77. The fraction of sp³-hybridized carbons (Fsp3) is 0.476. The summed E-state index contributed by atoms with van der Waals surface area (Å²) in [6, 6.07) is 6.54. The molecular weight excluding hydrogens is 450 g/mol. The Bertz CT molecular complexity index is 981. The number of aryl methyl sites for hydroxylation is 1. The number of halogens is 4. The summed E-state index contributed by atoms with van der Waals surface area (Å²) in [6.07, 6.45) is -3.28. The molecule has 2 aliphatic heterocycles. The molecule has 1 aromatic carbocycles. The molecule has 11 heteroatoms. The van der Waals surface area contributed by atoms with Crippen molar-refractivity contribution in [3.63, 3.8) is 0 Å². The average Bonchev–Trinajstić information content (AvgIpc) is 3.38. The number of carbonyl (C=O) groups excluding carboxylic acids is 1. The molecule has 1 N–H and O–H groups in total. The Hall–Kier alpha value is -2.53. The number of nitrogens with zero attached hydrogens (tertiary/aromatic N) is 3. The number of thiazole rings is 1. The van der Waals surface area contributed by atoms with E-state index in [9.17, 15) is 22.4 Å². The lowest BCUT2D eigenvalue weighted by Crippen LogP contribution is -2.36. The number of carboxylic acids is 1.